The van der Waals surface area contributed by atoms with E-state index in [4.69, 9.17) is 0 Å². The Balaban J connectivity index is 2.40. The normalized spacial score (nSPS) is 17.1. The van der Waals surface area contributed by atoms with Gasteiger partial charge in [-0.2, -0.15) is 13.2 Å². The maximum Gasteiger partial charge on any atom is 0.416 e. The SMILES string of the molecule is Oc1ccc(C(F)(F)F)cc1C1CC1. The molecule has 0 heterocycles. The van der Waals surface area contributed by atoms with E-state index in [0.717, 1.165) is 31.0 Å². The standard InChI is InChI=1S/C10H9F3O/c11-10(12,13)7-3-4-9(14)8(5-7)6-1-2-6/h3-6,14H,1-2H2. The molecular formula is C10H9F3O. The van der Waals surface area contributed by atoms with Gasteiger partial charge in [-0.3, -0.25) is 0 Å². The van der Waals surface area contributed by atoms with Crippen molar-refractivity contribution in [2.75, 3.05) is 0 Å². The van der Waals surface area contributed by atoms with Crippen molar-refractivity contribution in [3.05, 3.63) is 29.3 Å². The van der Waals surface area contributed by atoms with Crippen molar-refractivity contribution in [3.8, 4) is 5.75 Å². The van der Waals surface area contributed by atoms with Crippen LogP contribution in [-0.2, 0) is 6.18 Å². The Morgan fingerprint density at radius 3 is 2.36 bits per heavy atom. The molecule has 4 heteroatoms. The molecule has 0 saturated heterocycles. The Morgan fingerprint density at radius 1 is 1.21 bits per heavy atom. The van der Waals surface area contributed by atoms with E-state index in [2.05, 4.69) is 0 Å². The van der Waals surface area contributed by atoms with Gasteiger partial charge in [0.2, 0.25) is 0 Å². The Bertz CT molecular complexity index is 353. The summed E-state index contributed by atoms with van der Waals surface area (Å²) in [7, 11) is 0. The van der Waals surface area contributed by atoms with Crippen molar-refractivity contribution >= 4 is 0 Å². The van der Waals surface area contributed by atoms with Crippen LogP contribution in [0.2, 0.25) is 0 Å². The van der Waals surface area contributed by atoms with Crippen LogP contribution in [0.5, 0.6) is 5.75 Å². The molecule has 2 rings (SSSR count). The van der Waals surface area contributed by atoms with E-state index < -0.39 is 11.7 Å². The summed E-state index contributed by atoms with van der Waals surface area (Å²) in [6.45, 7) is 0. The molecule has 0 radical (unpaired) electrons. The van der Waals surface area contributed by atoms with Crippen LogP contribution >= 0.6 is 0 Å². The number of benzene rings is 1. The third-order valence-electron chi connectivity index (χ3n) is 2.37. The summed E-state index contributed by atoms with van der Waals surface area (Å²) in [6, 6.07) is 3.07. The lowest BCUT2D eigenvalue weighted by Gasteiger charge is -2.09. The summed E-state index contributed by atoms with van der Waals surface area (Å²) in [4.78, 5) is 0. The van der Waals surface area contributed by atoms with Gasteiger partial charge in [-0.15, -0.1) is 0 Å². The quantitative estimate of drug-likeness (QED) is 0.740. The minimum Gasteiger partial charge on any atom is -0.508 e. The Kier molecular flexibility index (Phi) is 1.94. The molecular weight excluding hydrogens is 193 g/mol. The largest absolute Gasteiger partial charge is 0.508 e. The van der Waals surface area contributed by atoms with Crippen molar-refractivity contribution in [3.63, 3.8) is 0 Å². The van der Waals surface area contributed by atoms with E-state index in [1.807, 2.05) is 0 Å². The molecule has 0 spiro atoms. The summed E-state index contributed by atoms with van der Waals surface area (Å²) >= 11 is 0. The molecule has 1 aromatic rings. The van der Waals surface area contributed by atoms with Crippen molar-refractivity contribution in [1.29, 1.82) is 0 Å². The van der Waals surface area contributed by atoms with E-state index in [1.165, 1.54) is 0 Å². The molecule has 0 atom stereocenters. The first kappa shape index (κ1) is 9.37. The maximum absolute atomic E-state index is 12.3. The van der Waals surface area contributed by atoms with Gasteiger partial charge in [0.05, 0.1) is 5.56 Å². The third kappa shape index (κ3) is 1.69. The molecule has 1 aliphatic carbocycles. The van der Waals surface area contributed by atoms with Gasteiger partial charge in [-0.05, 0) is 42.5 Å². The molecule has 76 valence electrons. The topological polar surface area (TPSA) is 20.2 Å². The van der Waals surface area contributed by atoms with Crippen molar-refractivity contribution in [2.45, 2.75) is 24.9 Å². The third-order valence-corrected chi connectivity index (χ3v) is 2.37. The molecule has 1 N–H and O–H groups in total. The molecule has 1 aliphatic rings. The van der Waals surface area contributed by atoms with Gasteiger partial charge in [0.15, 0.2) is 0 Å². The highest BCUT2D eigenvalue weighted by molar-refractivity contribution is 5.41. The minimum absolute atomic E-state index is 0.0273. The van der Waals surface area contributed by atoms with Crippen LogP contribution in [0.4, 0.5) is 13.2 Å². The zero-order valence-electron chi connectivity index (χ0n) is 7.30. The fourth-order valence-electron chi connectivity index (χ4n) is 1.45. The van der Waals surface area contributed by atoms with E-state index in [1.54, 1.807) is 0 Å². The highest BCUT2D eigenvalue weighted by Crippen LogP contribution is 2.45. The Labute approximate surface area is 79.2 Å². The average molecular weight is 202 g/mol. The number of hydrogen-bond acceptors (Lipinski definition) is 1. The second-order valence-corrected chi connectivity index (χ2v) is 3.55. The maximum atomic E-state index is 12.3. The number of rotatable bonds is 1. The van der Waals surface area contributed by atoms with Gasteiger partial charge in [0.1, 0.15) is 5.75 Å². The minimum atomic E-state index is -4.32. The van der Waals surface area contributed by atoms with Crippen LogP contribution in [0.1, 0.15) is 29.9 Å². The molecule has 1 nitrogen and oxygen atoms in total. The summed E-state index contributed by atoms with van der Waals surface area (Å²) in [6.07, 6.45) is -2.58. The van der Waals surface area contributed by atoms with Crippen LogP contribution in [0.3, 0.4) is 0 Å². The summed E-state index contributed by atoms with van der Waals surface area (Å²) < 4.78 is 36.9. The highest BCUT2D eigenvalue weighted by Gasteiger charge is 2.33. The molecule has 1 aromatic carbocycles. The molecule has 1 saturated carbocycles. The van der Waals surface area contributed by atoms with Crippen molar-refractivity contribution < 1.29 is 18.3 Å². The summed E-state index contributed by atoms with van der Waals surface area (Å²) in [5.41, 5.74) is -0.253. The average Bonchev–Trinajstić information content (AvgIpc) is 2.85. The monoisotopic (exact) mass is 202 g/mol. The summed E-state index contributed by atoms with van der Waals surface area (Å²) in [5, 5.41) is 9.34. The summed E-state index contributed by atoms with van der Waals surface area (Å²) in [5.74, 6) is 0.0952. The first-order valence-corrected chi connectivity index (χ1v) is 4.38. The Hall–Kier alpha value is -1.19. The molecule has 0 amide bonds. The number of aromatic hydroxyl groups is 1. The van der Waals surface area contributed by atoms with Crippen LogP contribution in [0.15, 0.2) is 18.2 Å². The van der Waals surface area contributed by atoms with Gasteiger partial charge in [-0.1, -0.05) is 0 Å². The Morgan fingerprint density at radius 2 is 1.86 bits per heavy atom. The van der Waals surface area contributed by atoms with E-state index >= 15 is 0 Å². The lowest BCUT2D eigenvalue weighted by molar-refractivity contribution is -0.137. The van der Waals surface area contributed by atoms with E-state index in [9.17, 15) is 18.3 Å². The fourth-order valence-corrected chi connectivity index (χ4v) is 1.45. The second kappa shape index (κ2) is 2.90. The van der Waals surface area contributed by atoms with Crippen molar-refractivity contribution in [1.82, 2.24) is 0 Å². The van der Waals surface area contributed by atoms with Crippen LogP contribution < -0.4 is 0 Å². The van der Waals surface area contributed by atoms with Gasteiger partial charge in [0, 0.05) is 0 Å². The highest BCUT2D eigenvalue weighted by atomic mass is 19.4. The zero-order chi connectivity index (χ0) is 10.3. The molecule has 0 unspecified atom stereocenters. The van der Waals surface area contributed by atoms with Gasteiger partial charge in [-0.25, -0.2) is 0 Å². The predicted octanol–water partition coefficient (Wildman–Crippen LogP) is 3.29. The van der Waals surface area contributed by atoms with Gasteiger partial charge in [0.25, 0.3) is 0 Å². The number of alkyl halides is 3. The van der Waals surface area contributed by atoms with E-state index in [-0.39, 0.29) is 11.7 Å². The molecule has 0 aromatic heterocycles. The van der Waals surface area contributed by atoms with E-state index in [0.29, 0.717) is 5.56 Å². The molecule has 1 fully saturated rings. The second-order valence-electron chi connectivity index (χ2n) is 3.55. The molecule has 14 heavy (non-hydrogen) atoms. The number of phenols is 1. The van der Waals surface area contributed by atoms with Crippen LogP contribution in [-0.4, -0.2) is 5.11 Å². The van der Waals surface area contributed by atoms with Crippen LogP contribution in [0, 0.1) is 0 Å². The number of phenolic OH excluding ortho intramolecular Hbond substituents is 1. The fraction of sp³-hybridized carbons (Fsp3) is 0.400. The lowest BCUT2D eigenvalue weighted by Crippen LogP contribution is -2.05. The molecule has 0 aliphatic heterocycles. The van der Waals surface area contributed by atoms with Crippen molar-refractivity contribution in [2.24, 2.45) is 0 Å². The molecule has 0 bridgehead atoms. The predicted molar refractivity (Wildman–Crippen MR) is 45.1 cm³/mol. The first-order valence-electron chi connectivity index (χ1n) is 4.38. The zero-order valence-corrected chi connectivity index (χ0v) is 7.30. The van der Waals surface area contributed by atoms with Gasteiger partial charge < -0.3 is 5.11 Å². The van der Waals surface area contributed by atoms with Crippen LogP contribution in [0.25, 0.3) is 0 Å². The first-order chi connectivity index (χ1) is 6.48. The number of hydrogen-bond donors (Lipinski definition) is 1. The smallest absolute Gasteiger partial charge is 0.416 e. The number of halogens is 3. The lowest BCUT2D eigenvalue weighted by atomic mass is 10.1. The van der Waals surface area contributed by atoms with Gasteiger partial charge >= 0.3 is 6.18 Å².